The molecule has 1 saturated heterocycles. The number of carbonyl (C=O) groups is 1. The molecule has 2 aliphatic rings. The summed E-state index contributed by atoms with van der Waals surface area (Å²) in [5.41, 5.74) is 0. The van der Waals surface area contributed by atoms with Gasteiger partial charge in [0.15, 0.2) is 0 Å². The maximum Gasteiger partial charge on any atom is 0.220 e. The smallest absolute Gasteiger partial charge is 0.220 e. The Bertz CT molecular complexity index is 303. The van der Waals surface area contributed by atoms with Gasteiger partial charge in [-0.1, -0.05) is 19.8 Å². The van der Waals surface area contributed by atoms with Crippen LogP contribution in [0.5, 0.6) is 0 Å². The molecule has 0 bridgehead atoms. The van der Waals surface area contributed by atoms with Crippen molar-refractivity contribution in [3.05, 3.63) is 0 Å². The van der Waals surface area contributed by atoms with E-state index in [1.165, 1.54) is 19.3 Å². The van der Waals surface area contributed by atoms with Crippen LogP contribution in [0.1, 0.15) is 51.9 Å². The molecule has 1 saturated carbocycles. The highest BCUT2D eigenvalue weighted by Gasteiger charge is 2.25. The third kappa shape index (κ3) is 4.74. The third-order valence-corrected chi connectivity index (χ3v) is 5.08. The van der Waals surface area contributed by atoms with Gasteiger partial charge < -0.3 is 15.7 Å². The summed E-state index contributed by atoms with van der Waals surface area (Å²) < 4.78 is 0. The number of rotatable bonds is 5. The molecular formula is C16H30N2O2. The van der Waals surface area contributed by atoms with Gasteiger partial charge in [-0.2, -0.15) is 0 Å². The van der Waals surface area contributed by atoms with E-state index in [1.807, 2.05) is 0 Å². The zero-order valence-electron chi connectivity index (χ0n) is 12.7. The van der Waals surface area contributed by atoms with E-state index in [9.17, 15) is 9.90 Å². The van der Waals surface area contributed by atoms with Gasteiger partial charge in [0.2, 0.25) is 5.91 Å². The molecule has 4 nitrogen and oxygen atoms in total. The van der Waals surface area contributed by atoms with Crippen molar-refractivity contribution in [2.24, 2.45) is 17.8 Å². The number of piperidine rings is 1. The van der Waals surface area contributed by atoms with Gasteiger partial charge in [0.1, 0.15) is 0 Å². The fourth-order valence-electron chi connectivity index (χ4n) is 3.57. The Morgan fingerprint density at radius 2 is 2.10 bits per heavy atom. The molecule has 0 aromatic carbocycles. The lowest BCUT2D eigenvalue weighted by Crippen LogP contribution is -2.39. The van der Waals surface area contributed by atoms with Crippen LogP contribution in [-0.4, -0.2) is 36.8 Å². The molecule has 20 heavy (non-hydrogen) atoms. The predicted octanol–water partition coefficient (Wildman–Crippen LogP) is 1.68. The largest absolute Gasteiger partial charge is 0.393 e. The lowest BCUT2D eigenvalue weighted by atomic mass is 9.85. The Morgan fingerprint density at radius 1 is 1.30 bits per heavy atom. The molecule has 0 aromatic rings. The third-order valence-electron chi connectivity index (χ3n) is 5.08. The predicted molar refractivity (Wildman–Crippen MR) is 80.3 cm³/mol. The Kier molecular flexibility index (Phi) is 6.30. The minimum Gasteiger partial charge on any atom is -0.393 e. The van der Waals surface area contributed by atoms with E-state index in [4.69, 9.17) is 0 Å². The van der Waals surface area contributed by atoms with Gasteiger partial charge in [0.05, 0.1) is 6.10 Å². The first-order valence-corrected chi connectivity index (χ1v) is 8.32. The molecular weight excluding hydrogens is 252 g/mol. The van der Waals surface area contributed by atoms with Crippen LogP contribution in [0.2, 0.25) is 0 Å². The van der Waals surface area contributed by atoms with Crippen LogP contribution < -0.4 is 10.6 Å². The van der Waals surface area contributed by atoms with Crippen LogP contribution in [0.25, 0.3) is 0 Å². The van der Waals surface area contributed by atoms with E-state index < -0.39 is 0 Å². The van der Waals surface area contributed by atoms with Crippen molar-refractivity contribution < 1.29 is 9.90 Å². The summed E-state index contributed by atoms with van der Waals surface area (Å²) in [6.45, 7) is 5.01. The Balaban J connectivity index is 1.66. The zero-order chi connectivity index (χ0) is 14.4. The van der Waals surface area contributed by atoms with Crippen molar-refractivity contribution in [2.75, 3.05) is 19.6 Å². The molecule has 1 amide bonds. The maximum atomic E-state index is 12.0. The Hall–Kier alpha value is -0.610. The second-order valence-electron chi connectivity index (χ2n) is 6.70. The summed E-state index contributed by atoms with van der Waals surface area (Å²) in [6.07, 6.45) is 7.11. The number of hydrogen-bond acceptors (Lipinski definition) is 3. The molecule has 0 radical (unpaired) electrons. The van der Waals surface area contributed by atoms with Gasteiger partial charge in [-0.25, -0.2) is 0 Å². The summed E-state index contributed by atoms with van der Waals surface area (Å²) >= 11 is 0. The number of hydrogen-bond donors (Lipinski definition) is 3. The summed E-state index contributed by atoms with van der Waals surface area (Å²) in [5.74, 6) is 1.49. The Labute approximate surface area is 122 Å². The zero-order valence-corrected chi connectivity index (χ0v) is 12.7. The molecule has 1 heterocycles. The molecule has 2 fully saturated rings. The fraction of sp³-hybridized carbons (Fsp3) is 0.938. The first kappa shape index (κ1) is 15.8. The molecule has 4 heteroatoms. The SMILES string of the molecule is CC(CC(=O)NCC1CCCCC1O)C1CCCNC1. The van der Waals surface area contributed by atoms with E-state index in [1.54, 1.807) is 0 Å². The molecule has 116 valence electrons. The van der Waals surface area contributed by atoms with Crippen molar-refractivity contribution in [2.45, 2.75) is 58.0 Å². The van der Waals surface area contributed by atoms with E-state index in [2.05, 4.69) is 17.6 Å². The normalized spacial score (nSPS) is 32.6. The summed E-state index contributed by atoms with van der Waals surface area (Å²) in [7, 11) is 0. The van der Waals surface area contributed by atoms with Crippen LogP contribution in [0, 0.1) is 17.8 Å². The van der Waals surface area contributed by atoms with Crippen LogP contribution in [0.15, 0.2) is 0 Å². The summed E-state index contributed by atoms with van der Waals surface area (Å²) in [6, 6.07) is 0. The quantitative estimate of drug-likeness (QED) is 0.719. The summed E-state index contributed by atoms with van der Waals surface area (Å²) in [4.78, 5) is 12.0. The van der Waals surface area contributed by atoms with E-state index in [0.717, 1.165) is 32.4 Å². The van der Waals surface area contributed by atoms with Gasteiger partial charge in [0.25, 0.3) is 0 Å². The fourth-order valence-corrected chi connectivity index (χ4v) is 3.57. The second-order valence-corrected chi connectivity index (χ2v) is 6.70. The molecule has 0 spiro atoms. The lowest BCUT2D eigenvalue weighted by molar-refractivity contribution is -0.122. The number of aliphatic hydroxyl groups is 1. The maximum absolute atomic E-state index is 12.0. The monoisotopic (exact) mass is 282 g/mol. The highest BCUT2D eigenvalue weighted by molar-refractivity contribution is 5.76. The van der Waals surface area contributed by atoms with Gasteiger partial charge in [0, 0.05) is 18.9 Å². The summed E-state index contributed by atoms with van der Waals surface area (Å²) in [5, 5.41) is 16.4. The van der Waals surface area contributed by atoms with Crippen LogP contribution in [-0.2, 0) is 4.79 Å². The Morgan fingerprint density at radius 3 is 2.80 bits per heavy atom. The number of nitrogens with one attached hydrogen (secondary N) is 2. The molecule has 4 unspecified atom stereocenters. The molecule has 1 aliphatic heterocycles. The first-order chi connectivity index (χ1) is 9.66. The molecule has 4 atom stereocenters. The average Bonchev–Trinajstić information content (AvgIpc) is 2.47. The molecule has 2 rings (SSSR count). The van der Waals surface area contributed by atoms with Gasteiger partial charge in [-0.15, -0.1) is 0 Å². The standard InChI is InChI=1S/C16H30N2O2/c1-12(13-6-4-8-17-10-13)9-16(20)18-11-14-5-2-3-7-15(14)19/h12-15,17,19H,2-11H2,1H3,(H,18,20). The minimum atomic E-state index is -0.219. The van der Waals surface area contributed by atoms with Gasteiger partial charge in [-0.3, -0.25) is 4.79 Å². The van der Waals surface area contributed by atoms with Crippen molar-refractivity contribution in [3.8, 4) is 0 Å². The highest BCUT2D eigenvalue weighted by atomic mass is 16.3. The van der Waals surface area contributed by atoms with Crippen LogP contribution in [0.3, 0.4) is 0 Å². The molecule has 3 N–H and O–H groups in total. The van der Waals surface area contributed by atoms with Crippen molar-refractivity contribution in [1.82, 2.24) is 10.6 Å². The van der Waals surface area contributed by atoms with Gasteiger partial charge in [-0.05, 0) is 50.6 Å². The van der Waals surface area contributed by atoms with E-state index in [0.29, 0.717) is 24.8 Å². The van der Waals surface area contributed by atoms with E-state index >= 15 is 0 Å². The van der Waals surface area contributed by atoms with Crippen LogP contribution in [0.4, 0.5) is 0 Å². The van der Waals surface area contributed by atoms with Crippen molar-refractivity contribution in [1.29, 1.82) is 0 Å². The second kappa shape index (κ2) is 7.99. The number of carbonyl (C=O) groups excluding carboxylic acids is 1. The average molecular weight is 282 g/mol. The van der Waals surface area contributed by atoms with Gasteiger partial charge >= 0.3 is 0 Å². The number of amides is 1. The first-order valence-electron chi connectivity index (χ1n) is 8.32. The van der Waals surface area contributed by atoms with Crippen molar-refractivity contribution >= 4 is 5.91 Å². The number of aliphatic hydroxyl groups excluding tert-OH is 1. The molecule has 1 aliphatic carbocycles. The van der Waals surface area contributed by atoms with E-state index in [-0.39, 0.29) is 17.9 Å². The highest BCUT2D eigenvalue weighted by Crippen LogP contribution is 2.24. The van der Waals surface area contributed by atoms with Crippen LogP contribution >= 0.6 is 0 Å². The molecule has 0 aromatic heterocycles. The lowest BCUT2D eigenvalue weighted by Gasteiger charge is -2.29. The topological polar surface area (TPSA) is 61.4 Å². The van der Waals surface area contributed by atoms with Crippen molar-refractivity contribution in [3.63, 3.8) is 0 Å². The minimum absolute atomic E-state index is 0.154.